The number of hydrogen-bond donors (Lipinski definition) is 1. The van der Waals surface area contributed by atoms with Crippen molar-refractivity contribution in [2.24, 2.45) is 0 Å². The third-order valence-corrected chi connectivity index (χ3v) is 9.84. The van der Waals surface area contributed by atoms with Gasteiger partial charge in [-0.05, 0) is 89.3 Å². The van der Waals surface area contributed by atoms with Crippen LogP contribution in [0.3, 0.4) is 0 Å². The molecule has 0 radical (unpaired) electrons. The van der Waals surface area contributed by atoms with Gasteiger partial charge in [0.15, 0.2) is 0 Å². The van der Waals surface area contributed by atoms with Crippen molar-refractivity contribution in [3.63, 3.8) is 0 Å². The lowest BCUT2D eigenvalue weighted by atomic mass is 9.64. The molecule has 46 heavy (non-hydrogen) atoms. The van der Waals surface area contributed by atoms with Gasteiger partial charge in [0.1, 0.15) is 5.75 Å². The van der Waals surface area contributed by atoms with E-state index in [1.807, 2.05) is 12.1 Å². The minimum Gasteiger partial charge on any atom is -0.508 e. The minimum absolute atomic E-state index is 0.259. The Balaban J connectivity index is 1.49. The largest absolute Gasteiger partial charge is 0.508 e. The number of hydrogen-bond acceptors (Lipinski definition) is 1. The standard InChI is InChI=1S/C45H30O/c46-34-28-26-33(27-29-34)45(32-16-2-1-3-17-32)43-39(37-20-8-14-30-12-4-6-18-35(30)37)22-10-24-41(43)42-25-11-23-40(44(42)45)38-21-9-15-31-13-5-7-19-36(31)38/h1-29,46H. The Morgan fingerprint density at radius 3 is 1.20 bits per heavy atom. The summed E-state index contributed by atoms with van der Waals surface area (Å²) in [5.74, 6) is 0.259. The van der Waals surface area contributed by atoms with E-state index in [0.29, 0.717) is 0 Å². The van der Waals surface area contributed by atoms with Gasteiger partial charge in [0.25, 0.3) is 0 Å². The summed E-state index contributed by atoms with van der Waals surface area (Å²) in [7, 11) is 0. The van der Waals surface area contributed by atoms with Crippen molar-refractivity contribution in [1.29, 1.82) is 0 Å². The fourth-order valence-corrected chi connectivity index (χ4v) is 8.00. The minimum atomic E-state index is -0.666. The Morgan fingerprint density at radius 2 is 0.674 bits per heavy atom. The van der Waals surface area contributed by atoms with Crippen LogP contribution in [-0.4, -0.2) is 5.11 Å². The van der Waals surface area contributed by atoms with Gasteiger partial charge >= 0.3 is 0 Å². The average Bonchev–Trinajstić information content (AvgIpc) is 3.43. The number of phenols is 1. The summed E-state index contributed by atoms with van der Waals surface area (Å²) in [6.45, 7) is 0. The molecule has 216 valence electrons. The molecule has 1 heteroatoms. The van der Waals surface area contributed by atoms with E-state index in [2.05, 4.69) is 164 Å². The van der Waals surface area contributed by atoms with Crippen LogP contribution in [-0.2, 0) is 5.41 Å². The maximum absolute atomic E-state index is 10.5. The molecule has 0 aromatic heterocycles. The van der Waals surface area contributed by atoms with E-state index in [0.717, 1.165) is 5.56 Å². The summed E-state index contributed by atoms with van der Waals surface area (Å²) in [6, 6.07) is 63.0. The maximum Gasteiger partial charge on any atom is 0.115 e. The van der Waals surface area contributed by atoms with Gasteiger partial charge in [0.2, 0.25) is 0 Å². The summed E-state index contributed by atoms with van der Waals surface area (Å²) < 4.78 is 0. The van der Waals surface area contributed by atoms with E-state index in [1.165, 1.54) is 71.6 Å². The van der Waals surface area contributed by atoms with E-state index >= 15 is 0 Å². The predicted octanol–water partition coefficient (Wildman–Crippen LogP) is 11.4. The zero-order chi connectivity index (χ0) is 30.7. The molecule has 1 N–H and O–H groups in total. The molecule has 0 bridgehead atoms. The van der Waals surface area contributed by atoms with Gasteiger partial charge in [-0.25, -0.2) is 0 Å². The van der Waals surface area contributed by atoms with Crippen LogP contribution in [0.25, 0.3) is 54.9 Å². The van der Waals surface area contributed by atoms with Crippen molar-refractivity contribution < 1.29 is 5.11 Å². The molecule has 0 heterocycles. The zero-order valence-corrected chi connectivity index (χ0v) is 25.2. The Kier molecular flexibility index (Phi) is 5.94. The maximum atomic E-state index is 10.5. The van der Waals surface area contributed by atoms with E-state index in [1.54, 1.807) is 0 Å². The molecule has 1 nitrogen and oxygen atoms in total. The monoisotopic (exact) mass is 586 g/mol. The van der Waals surface area contributed by atoms with Gasteiger partial charge in [-0.1, -0.05) is 164 Å². The van der Waals surface area contributed by atoms with Crippen molar-refractivity contribution in [2.45, 2.75) is 5.41 Å². The second-order valence-corrected chi connectivity index (χ2v) is 12.2. The van der Waals surface area contributed by atoms with Crippen LogP contribution >= 0.6 is 0 Å². The van der Waals surface area contributed by atoms with Gasteiger partial charge < -0.3 is 5.11 Å². The Labute approximate surface area is 268 Å². The topological polar surface area (TPSA) is 20.2 Å². The van der Waals surface area contributed by atoms with Crippen LogP contribution in [0.4, 0.5) is 0 Å². The Hall–Kier alpha value is -5.92. The molecule has 0 spiro atoms. The summed E-state index contributed by atoms with van der Waals surface area (Å²) in [6.07, 6.45) is 0. The van der Waals surface area contributed by atoms with Gasteiger partial charge in [-0.3, -0.25) is 0 Å². The van der Waals surface area contributed by atoms with Crippen molar-refractivity contribution >= 4 is 21.5 Å². The molecule has 0 saturated carbocycles. The van der Waals surface area contributed by atoms with Crippen LogP contribution in [0.2, 0.25) is 0 Å². The van der Waals surface area contributed by atoms with Crippen LogP contribution < -0.4 is 0 Å². The van der Waals surface area contributed by atoms with Crippen molar-refractivity contribution in [3.05, 3.63) is 198 Å². The number of fused-ring (bicyclic) bond motifs is 5. The van der Waals surface area contributed by atoms with Crippen LogP contribution in [0, 0.1) is 0 Å². The third kappa shape index (κ3) is 3.76. The fraction of sp³-hybridized carbons (Fsp3) is 0.0222. The molecule has 8 aromatic rings. The van der Waals surface area contributed by atoms with Crippen molar-refractivity contribution in [2.75, 3.05) is 0 Å². The van der Waals surface area contributed by atoms with Crippen molar-refractivity contribution in [3.8, 4) is 39.1 Å². The molecular formula is C45H30O. The normalized spacial score (nSPS) is 13.0. The highest BCUT2D eigenvalue weighted by Gasteiger charge is 2.49. The van der Waals surface area contributed by atoms with Crippen LogP contribution in [0.1, 0.15) is 22.3 Å². The highest BCUT2D eigenvalue weighted by Crippen LogP contribution is 2.61. The van der Waals surface area contributed by atoms with E-state index in [4.69, 9.17) is 0 Å². The lowest BCUT2D eigenvalue weighted by molar-refractivity contribution is 0.475. The molecule has 0 aliphatic heterocycles. The third-order valence-electron chi connectivity index (χ3n) is 9.84. The molecule has 0 amide bonds. The lowest BCUT2D eigenvalue weighted by Gasteiger charge is -2.37. The van der Waals surface area contributed by atoms with Crippen LogP contribution in [0.5, 0.6) is 5.75 Å². The molecule has 8 aromatic carbocycles. The molecule has 0 saturated heterocycles. The molecule has 1 aliphatic carbocycles. The van der Waals surface area contributed by atoms with E-state index in [9.17, 15) is 5.11 Å². The first-order valence-corrected chi connectivity index (χ1v) is 15.8. The SMILES string of the molecule is Oc1ccc(C2(c3ccccc3)c3c(cccc3-c3cccc4ccccc34)-c3cccc(-c4cccc5ccccc45)c32)cc1. The highest BCUT2D eigenvalue weighted by atomic mass is 16.3. The first-order chi connectivity index (χ1) is 22.7. The lowest BCUT2D eigenvalue weighted by Crippen LogP contribution is -2.30. The molecule has 9 rings (SSSR count). The Morgan fingerprint density at radius 1 is 0.304 bits per heavy atom. The summed E-state index contributed by atoms with van der Waals surface area (Å²) in [5, 5.41) is 15.5. The second-order valence-electron chi connectivity index (χ2n) is 12.2. The van der Waals surface area contributed by atoms with E-state index in [-0.39, 0.29) is 5.75 Å². The Bertz CT molecular complexity index is 2280. The second kappa shape index (κ2) is 10.3. The number of aromatic hydroxyl groups is 1. The molecular weight excluding hydrogens is 556 g/mol. The zero-order valence-electron chi connectivity index (χ0n) is 25.2. The smallest absolute Gasteiger partial charge is 0.115 e. The number of phenolic OH excluding ortho intramolecular Hbond substituents is 1. The molecule has 0 fully saturated rings. The average molecular weight is 587 g/mol. The quantitative estimate of drug-likeness (QED) is 0.217. The summed E-state index contributed by atoms with van der Waals surface area (Å²) in [4.78, 5) is 0. The van der Waals surface area contributed by atoms with Gasteiger partial charge in [-0.15, -0.1) is 0 Å². The number of rotatable bonds is 4. The molecule has 0 unspecified atom stereocenters. The van der Waals surface area contributed by atoms with Crippen molar-refractivity contribution in [1.82, 2.24) is 0 Å². The summed E-state index contributed by atoms with van der Waals surface area (Å²) >= 11 is 0. The fourth-order valence-electron chi connectivity index (χ4n) is 8.00. The van der Waals surface area contributed by atoms with Gasteiger partial charge in [0, 0.05) is 0 Å². The highest BCUT2D eigenvalue weighted by molar-refractivity contribution is 6.05. The number of benzene rings is 8. The predicted molar refractivity (Wildman–Crippen MR) is 191 cm³/mol. The first-order valence-electron chi connectivity index (χ1n) is 15.8. The molecule has 0 atom stereocenters. The van der Waals surface area contributed by atoms with Gasteiger partial charge in [-0.2, -0.15) is 0 Å². The van der Waals surface area contributed by atoms with Gasteiger partial charge in [0.05, 0.1) is 5.41 Å². The summed E-state index contributed by atoms with van der Waals surface area (Å²) in [5.41, 5.74) is 11.5. The molecule has 1 aliphatic rings. The van der Waals surface area contributed by atoms with E-state index < -0.39 is 5.41 Å². The first kappa shape index (κ1) is 26.5. The van der Waals surface area contributed by atoms with Crippen LogP contribution in [0.15, 0.2) is 176 Å².